The first-order chi connectivity index (χ1) is 9.75. The van der Waals surface area contributed by atoms with Crippen LogP contribution in [0, 0.1) is 0 Å². The SMILES string of the molecule is Nc1cnc2ccccc2c1NCc1ccccc1Cl. The summed E-state index contributed by atoms with van der Waals surface area (Å²) in [7, 11) is 0. The molecule has 1 aromatic heterocycles. The number of aromatic nitrogens is 1. The number of para-hydroxylation sites is 1. The van der Waals surface area contributed by atoms with Gasteiger partial charge in [-0.05, 0) is 17.7 Å². The van der Waals surface area contributed by atoms with Gasteiger partial charge in [-0.3, -0.25) is 4.98 Å². The van der Waals surface area contributed by atoms with E-state index < -0.39 is 0 Å². The standard InChI is InChI=1S/C16H14ClN3/c17-13-7-3-1-5-11(13)9-20-16-12-6-2-4-8-15(12)19-10-14(16)18/h1-8,10H,9,18H2,(H,19,20). The number of anilines is 2. The molecule has 100 valence electrons. The molecule has 3 rings (SSSR count). The molecule has 0 aliphatic carbocycles. The summed E-state index contributed by atoms with van der Waals surface area (Å²) in [5.74, 6) is 0. The van der Waals surface area contributed by atoms with Crippen molar-refractivity contribution in [3.8, 4) is 0 Å². The van der Waals surface area contributed by atoms with Gasteiger partial charge in [0.15, 0.2) is 0 Å². The van der Waals surface area contributed by atoms with Crippen molar-refractivity contribution >= 4 is 33.9 Å². The molecule has 1 heterocycles. The van der Waals surface area contributed by atoms with Crippen molar-refractivity contribution in [3.63, 3.8) is 0 Å². The highest BCUT2D eigenvalue weighted by Crippen LogP contribution is 2.28. The fourth-order valence-corrected chi connectivity index (χ4v) is 2.38. The molecule has 0 unspecified atom stereocenters. The van der Waals surface area contributed by atoms with E-state index in [0.29, 0.717) is 12.2 Å². The van der Waals surface area contributed by atoms with Crippen LogP contribution >= 0.6 is 11.6 Å². The average molecular weight is 284 g/mol. The van der Waals surface area contributed by atoms with Crippen molar-refractivity contribution in [2.24, 2.45) is 0 Å². The van der Waals surface area contributed by atoms with Crippen LogP contribution in [-0.2, 0) is 6.54 Å². The quantitative estimate of drug-likeness (QED) is 0.761. The molecule has 0 atom stereocenters. The summed E-state index contributed by atoms with van der Waals surface area (Å²) in [6.45, 7) is 0.623. The lowest BCUT2D eigenvalue weighted by Gasteiger charge is -2.13. The summed E-state index contributed by atoms with van der Waals surface area (Å²) in [6, 6.07) is 15.7. The Morgan fingerprint density at radius 2 is 1.80 bits per heavy atom. The molecule has 3 N–H and O–H groups in total. The maximum atomic E-state index is 6.16. The average Bonchev–Trinajstić information content (AvgIpc) is 2.48. The second-order valence-electron chi connectivity index (χ2n) is 4.55. The molecule has 20 heavy (non-hydrogen) atoms. The van der Waals surface area contributed by atoms with Crippen molar-refractivity contribution in [2.45, 2.75) is 6.54 Å². The van der Waals surface area contributed by atoms with E-state index in [-0.39, 0.29) is 0 Å². The minimum Gasteiger partial charge on any atom is -0.396 e. The smallest absolute Gasteiger partial charge is 0.0743 e. The Kier molecular flexibility index (Phi) is 3.44. The minimum atomic E-state index is 0.623. The van der Waals surface area contributed by atoms with Crippen molar-refractivity contribution in [2.75, 3.05) is 11.1 Å². The number of hydrogen-bond donors (Lipinski definition) is 2. The molecule has 0 amide bonds. The van der Waals surface area contributed by atoms with E-state index in [0.717, 1.165) is 27.2 Å². The van der Waals surface area contributed by atoms with Gasteiger partial charge in [-0.2, -0.15) is 0 Å². The normalized spacial score (nSPS) is 10.7. The summed E-state index contributed by atoms with van der Waals surface area (Å²) >= 11 is 6.16. The van der Waals surface area contributed by atoms with Crippen LogP contribution in [0.25, 0.3) is 10.9 Å². The van der Waals surface area contributed by atoms with Gasteiger partial charge in [-0.15, -0.1) is 0 Å². The first-order valence-corrected chi connectivity index (χ1v) is 6.74. The number of benzene rings is 2. The third-order valence-electron chi connectivity index (χ3n) is 3.22. The lowest BCUT2D eigenvalue weighted by atomic mass is 10.1. The molecule has 0 aliphatic rings. The third-order valence-corrected chi connectivity index (χ3v) is 3.59. The van der Waals surface area contributed by atoms with E-state index in [2.05, 4.69) is 10.3 Å². The van der Waals surface area contributed by atoms with Crippen LogP contribution in [-0.4, -0.2) is 4.98 Å². The van der Waals surface area contributed by atoms with E-state index in [4.69, 9.17) is 17.3 Å². The predicted octanol–water partition coefficient (Wildman–Crippen LogP) is 4.08. The topological polar surface area (TPSA) is 50.9 Å². The van der Waals surface area contributed by atoms with E-state index >= 15 is 0 Å². The van der Waals surface area contributed by atoms with Crippen LogP contribution in [0.1, 0.15) is 5.56 Å². The highest BCUT2D eigenvalue weighted by Gasteiger charge is 2.06. The second-order valence-corrected chi connectivity index (χ2v) is 4.96. The summed E-state index contributed by atoms with van der Waals surface area (Å²) in [5.41, 5.74) is 9.52. The molecular formula is C16H14ClN3. The van der Waals surface area contributed by atoms with Gasteiger partial charge in [0.1, 0.15) is 0 Å². The largest absolute Gasteiger partial charge is 0.396 e. The molecule has 0 bridgehead atoms. The Morgan fingerprint density at radius 3 is 2.65 bits per heavy atom. The first kappa shape index (κ1) is 12.8. The maximum Gasteiger partial charge on any atom is 0.0743 e. The van der Waals surface area contributed by atoms with Gasteiger partial charge in [-0.25, -0.2) is 0 Å². The summed E-state index contributed by atoms with van der Waals surface area (Å²) < 4.78 is 0. The van der Waals surface area contributed by atoms with Gasteiger partial charge < -0.3 is 11.1 Å². The number of fused-ring (bicyclic) bond motifs is 1. The van der Waals surface area contributed by atoms with Gasteiger partial charge in [0.25, 0.3) is 0 Å². The van der Waals surface area contributed by atoms with Gasteiger partial charge in [0, 0.05) is 17.0 Å². The molecule has 0 fully saturated rings. The van der Waals surface area contributed by atoms with Crippen molar-refractivity contribution in [3.05, 3.63) is 65.3 Å². The fourth-order valence-electron chi connectivity index (χ4n) is 2.18. The van der Waals surface area contributed by atoms with E-state index in [1.807, 2.05) is 48.5 Å². The second kappa shape index (κ2) is 5.39. The lowest BCUT2D eigenvalue weighted by Crippen LogP contribution is -2.04. The van der Waals surface area contributed by atoms with Gasteiger partial charge >= 0.3 is 0 Å². The predicted molar refractivity (Wildman–Crippen MR) is 84.9 cm³/mol. The minimum absolute atomic E-state index is 0.623. The molecule has 4 heteroatoms. The zero-order valence-corrected chi connectivity index (χ0v) is 11.6. The Bertz CT molecular complexity index is 756. The van der Waals surface area contributed by atoms with Gasteiger partial charge in [0.05, 0.1) is 23.1 Å². The summed E-state index contributed by atoms with van der Waals surface area (Å²) in [5, 5.41) is 5.12. The molecule has 0 radical (unpaired) electrons. The zero-order valence-electron chi connectivity index (χ0n) is 10.8. The fraction of sp³-hybridized carbons (Fsp3) is 0.0625. The Labute approximate surface area is 122 Å². The van der Waals surface area contributed by atoms with Crippen LogP contribution in [0.5, 0.6) is 0 Å². The van der Waals surface area contributed by atoms with Gasteiger partial charge in [0.2, 0.25) is 0 Å². The van der Waals surface area contributed by atoms with Crippen molar-refractivity contribution in [1.82, 2.24) is 4.98 Å². The summed E-state index contributed by atoms with van der Waals surface area (Å²) in [4.78, 5) is 4.32. The lowest BCUT2D eigenvalue weighted by molar-refractivity contribution is 1.15. The molecular weight excluding hydrogens is 270 g/mol. The number of nitrogens with one attached hydrogen (secondary N) is 1. The van der Waals surface area contributed by atoms with Crippen LogP contribution in [0.3, 0.4) is 0 Å². The Hall–Kier alpha value is -2.26. The number of halogens is 1. The molecule has 3 aromatic rings. The van der Waals surface area contributed by atoms with E-state index in [9.17, 15) is 0 Å². The highest BCUT2D eigenvalue weighted by atomic mass is 35.5. The van der Waals surface area contributed by atoms with Crippen LogP contribution in [0.4, 0.5) is 11.4 Å². The van der Waals surface area contributed by atoms with E-state index in [1.165, 1.54) is 0 Å². The molecule has 0 spiro atoms. The number of hydrogen-bond acceptors (Lipinski definition) is 3. The third kappa shape index (κ3) is 2.40. The van der Waals surface area contributed by atoms with Crippen LogP contribution in [0.2, 0.25) is 5.02 Å². The Morgan fingerprint density at radius 1 is 1.05 bits per heavy atom. The number of pyridine rings is 1. The zero-order chi connectivity index (χ0) is 13.9. The van der Waals surface area contributed by atoms with Crippen molar-refractivity contribution < 1.29 is 0 Å². The Balaban J connectivity index is 1.95. The number of nitrogen functional groups attached to an aromatic ring is 1. The number of nitrogens with two attached hydrogens (primary N) is 1. The number of rotatable bonds is 3. The highest BCUT2D eigenvalue weighted by molar-refractivity contribution is 6.31. The first-order valence-electron chi connectivity index (χ1n) is 6.36. The monoisotopic (exact) mass is 283 g/mol. The maximum absolute atomic E-state index is 6.16. The van der Waals surface area contributed by atoms with Crippen molar-refractivity contribution in [1.29, 1.82) is 0 Å². The molecule has 0 saturated heterocycles. The van der Waals surface area contributed by atoms with Crippen LogP contribution in [0.15, 0.2) is 54.7 Å². The molecule has 2 aromatic carbocycles. The van der Waals surface area contributed by atoms with Gasteiger partial charge in [-0.1, -0.05) is 48.0 Å². The van der Waals surface area contributed by atoms with E-state index in [1.54, 1.807) is 6.20 Å². The molecule has 0 saturated carbocycles. The molecule has 3 nitrogen and oxygen atoms in total. The molecule has 0 aliphatic heterocycles. The summed E-state index contributed by atoms with van der Waals surface area (Å²) in [6.07, 6.45) is 1.68. The van der Waals surface area contributed by atoms with Crippen LogP contribution < -0.4 is 11.1 Å². The number of nitrogens with zero attached hydrogens (tertiary/aromatic N) is 1.